The fraction of sp³-hybridized carbons (Fsp3) is 0.0909. The highest BCUT2D eigenvalue weighted by atomic mass is 32.1. The Kier molecular flexibility index (Phi) is 4.73. The fourth-order valence-corrected chi connectivity index (χ4v) is 3.79. The molecular formula is C22H16N2O2S. The van der Waals surface area contributed by atoms with Gasteiger partial charge in [-0.1, -0.05) is 30.3 Å². The summed E-state index contributed by atoms with van der Waals surface area (Å²) in [5.41, 5.74) is 3.43. The number of nitrogens with zero attached hydrogens (tertiary/aromatic N) is 2. The largest absolute Gasteiger partial charge is 0.493 e. The number of hydrogen-bond acceptors (Lipinski definition) is 5. The zero-order valence-electron chi connectivity index (χ0n) is 14.7. The SMILES string of the molecule is COc1cc(-c2nc3ccccc3s2)ccc1OCc1ccccc1C#N. The molecule has 1 heterocycles. The van der Waals surface area contributed by atoms with Gasteiger partial charge in [0.15, 0.2) is 11.5 Å². The van der Waals surface area contributed by atoms with Gasteiger partial charge in [0, 0.05) is 11.1 Å². The summed E-state index contributed by atoms with van der Waals surface area (Å²) in [4.78, 5) is 4.69. The third-order valence-electron chi connectivity index (χ3n) is 4.23. The van der Waals surface area contributed by atoms with E-state index in [2.05, 4.69) is 12.1 Å². The van der Waals surface area contributed by atoms with Crippen molar-refractivity contribution in [2.24, 2.45) is 0 Å². The first kappa shape index (κ1) is 17.1. The molecule has 0 aliphatic rings. The molecule has 4 rings (SSSR count). The van der Waals surface area contributed by atoms with E-state index in [4.69, 9.17) is 14.5 Å². The predicted octanol–water partition coefficient (Wildman–Crippen LogP) is 5.42. The molecule has 0 fully saturated rings. The van der Waals surface area contributed by atoms with Crippen LogP contribution >= 0.6 is 11.3 Å². The van der Waals surface area contributed by atoms with E-state index in [0.29, 0.717) is 23.7 Å². The topological polar surface area (TPSA) is 55.1 Å². The Hall–Kier alpha value is -3.36. The van der Waals surface area contributed by atoms with Gasteiger partial charge in [-0.05, 0) is 36.4 Å². The van der Waals surface area contributed by atoms with Crippen LogP contribution in [0.4, 0.5) is 0 Å². The van der Waals surface area contributed by atoms with E-state index in [-0.39, 0.29) is 0 Å². The Balaban J connectivity index is 1.60. The van der Waals surface area contributed by atoms with Crippen LogP contribution in [0.5, 0.6) is 11.5 Å². The molecule has 27 heavy (non-hydrogen) atoms. The molecule has 132 valence electrons. The molecule has 0 aliphatic heterocycles. The third-order valence-corrected chi connectivity index (χ3v) is 5.31. The summed E-state index contributed by atoms with van der Waals surface area (Å²) in [6, 6.07) is 23.5. The van der Waals surface area contributed by atoms with Crippen molar-refractivity contribution < 1.29 is 9.47 Å². The third kappa shape index (κ3) is 3.48. The van der Waals surface area contributed by atoms with Crippen LogP contribution in [0.3, 0.4) is 0 Å². The summed E-state index contributed by atoms with van der Waals surface area (Å²) < 4.78 is 12.6. The number of rotatable bonds is 5. The van der Waals surface area contributed by atoms with Gasteiger partial charge in [0.05, 0.1) is 29.0 Å². The fourth-order valence-electron chi connectivity index (χ4n) is 2.83. The Labute approximate surface area is 161 Å². The van der Waals surface area contributed by atoms with Gasteiger partial charge in [0.25, 0.3) is 0 Å². The van der Waals surface area contributed by atoms with Gasteiger partial charge in [0.1, 0.15) is 11.6 Å². The number of methoxy groups -OCH3 is 1. The van der Waals surface area contributed by atoms with Crippen molar-refractivity contribution in [3.8, 4) is 28.1 Å². The molecule has 0 spiro atoms. The highest BCUT2D eigenvalue weighted by molar-refractivity contribution is 7.21. The van der Waals surface area contributed by atoms with E-state index in [1.54, 1.807) is 24.5 Å². The summed E-state index contributed by atoms with van der Waals surface area (Å²) in [6.45, 7) is 0.306. The summed E-state index contributed by atoms with van der Waals surface area (Å²) in [5, 5.41) is 10.1. The molecule has 4 aromatic rings. The summed E-state index contributed by atoms with van der Waals surface area (Å²) in [6.07, 6.45) is 0. The van der Waals surface area contributed by atoms with Crippen molar-refractivity contribution in [1.82, 2.24) is 4.98 Å². The van der Waals surface area contributed by atoms with E-state index in [9.17, 15) is 5.26 Å². The minimum atomic E-state index is 0.306. The molecule has 0 N–H and O–H groups in total. The van der Waals surface area contributed by atoms with Gasteiger partial charge in [0.2, 0.25) is 0 Å². The van der Waals surface area contributed by atoms with E-state index in [0.717, 1.165) is 26.4 Å². The van der Waals surface area contributed by atoms with Crippen molar-refractivity contribution in [2.75, 3.05) is 7.11 Å². The minimum absolute atomic E-state index is 0.306. The molecule has 4 nitrogen and oxygen atoms in total. The normalized spacial score (nSPS) is 10.5. The number of para-hydroxylation sites is 1. The van der Waals surface area contributed by atoms with Crippen LogP contribution in [-0.4, -0.2) is 12.1 Å². The highest BCUT2D eigenvalue weighted by Crippen LogP contribution is 2.36. The second kappa shape index (κ2) is 7.48. The van der Waals surface area contributed by atoms with Crippen molar-refractivity contribution in [3.63, 3.8) is 0 Å². The standard InChI is InChI=1S/C22H16N2O2S/c1-25-20-12-15(22-24-18-8-4-5-9-21(18)27-22)10-11-19(20)26-14-17-7-3-2-6-16(17)13-23/h2-12H,14H2,1H3. The molecule has 5 heteroatoms. The lowest BCUT2D eigenvalue weighted by Crippen LogP contribution is -2.00. The van der Waals surface area contributed by atoms with Crippen LogP contribution in [0.1, 0.15) is 11.1 Å². The average molecular weight is 372 g/mol. The van der Waals surface area contributed by atoms with Gasteiger partial charge in [-0.25, -0.2) is 4.98 Å². The molecule has 0 amide bonds. The molecule has 0 bridgehead atoms. The maximum atomic E-state index is 9.20. The second-order valence-electron chi connectivity index (χ2n) is 5.91. The zero-order valence-corrected chi connectivity index (χ0v) is 15.5. The zero-order chi connectivity index (χ0) is 18.6. The molecule has 0 aliphatic carbocycles. The predicted molar refractivity (Wildman–Crippen MR) is 107 cm³/mol. The summed E-state index contributed by atoms with van der Waals surface area (Å²) in [7, 11) is 1.62. The Bertz CT molecular complexity index is 1110. The molecule has 3 aromatic carbocycles. The van der Waals surface area contributed by atoms with E-state index < -0.39 is 0 Å². The Morgan fingerprint density at radius 2 is 1.81 bits per heavy atom. The van der Waals surface area contributed by atoms with Crippen molar-refractivity contribution in [3.05, 3.63) is 77.9 Å². The number of aromatic nitrogens is 1. The number of thiazole rings is 1. The number of hydrogen-bond donors (Lipinski definition) is 0. The van der Waals surface area contributed by atoms with Crippen molar-refractivity contribution in [1.29, 1.82) is 5.26 Å². The van der Waals surface area contributed by atoms with Crippen LogP contribution in [0.25, 0.3) is 20.8 Å². The summed E-state index contributed by atoms with van der Waals surface area (Å²) in [5.74, 6) is 1.27. The molecule has 1 aromatic heterocycles. The van der Waals surface area contributed by atoms with Gasteiger partial charge >= 0.3 is 0 Å². The molecule has 0 radical (unpaired) electrons. The Morgan fingerprint density at radius 1 is 1.00 bits per heavy atom. The number of nitriles is 1. The van der Waals surface area contributed by atoms with Crippen LogP contribution in [0.2, 0.25) is 0 Å². The maximum absolute atomic E-state index is 9.20. The smallest absolute Gasteiger partial charge is 0.161 e. The van der Waals surface area contributed by atoms with Gasteiger partial charge in [-0.3, -0.25) is 0 Å². The number of benzene rings is 3. The quantitative estimate of drug-likeness (QED) is 0.469. The second-order valence-corrected chi connectivity index (χ2v) is 6.94. The molecule has 0 atom stereocenters. The van der Waals surface area contributed by atoms with Gasteiger partial charge in [-0.15, -0.1) is 11.3 Å². The minimum Gasteiger partial charge on any atom is -0.493 e. The molecule has 0 saturated carbocycles. The van der Waals surface area contributed by atoms with Crippen LogP contribution in [0, 0.1) is 11.3 Å². The van der Waals surface area contributed by atoms with Gasteiger partial charge < -0.3 is 9.47 Å². The lowest BCUT2D eigenvalue weighted by Gasteiger charge is -2.12. The first-order valence-electron chi connectivity index (χ1n) is 8.43. The Morgan fingerprint density at radius 3 is 2.63 bits per heavy atom. The van der Waals surface area contributed by atoms with Crippen molar-refractivity contribution in [2.45, 2.75) is 6.61 Å². The number of fused-ring (bicyclic) bond motifs is 1. The summed E-state index contributed by atoms with van der Waals surface area (Å²) >= 11 is 1.65. The molecule has 0 saturated heterocycles. The monoisotopic (exact) mass is 372 g/mol. The van der Waals surface area contributed by atoms with E-state index >= 15 is 0 Å². The highest BCUT2D eigenvalue weighted by Gasteiger charge is 2.11. The average Bonchev–Trinajstić information content (AvgIpc) is 3.16. The lowest BCUT2D eigenvalue weighted by molar-refractivity contribution is 0.284. The first-order valence-corrected chi connectivity index (χ1v) is 9.25. The lowest BCUT2D eigenvalue weighted by atomic mass is 10.1. The number of ether oxygens (including phenoxy) is 2. The maximum Gasteiger partial charge on any atom is 0.161 e. The van der Waals surface area contributed by atoms with Crippen LogP contribution in [0.15, 0.2) is 66.7 Å². The molecular weight excluding hydrogens is 356 g/mol. The molecule has 0 unspecified atom stereocenters. The van der Waals surface area contributed by atoms with Crippen molar-refractivity contribution >= 4 is 21.6 Å². The first-order chi connectivity index (χ1) is 13.3. The van der Waals surface area contributed by atoms with Crippen LogP contribution in [-0.2, 0) is 6.61 Å². The van der Waals surface area contributed by atoms with E-state index in [1.165, 1.54) is 0 Å². The van der Waals surface area contributed by atoms with Crippen LogP contribution < -0.4 is 9.47 Å². The van der Waals surface area contributed by atoms with Gasteiger partial charge in [-0.2, -0.15) is 5.26 Å². The van der Waals surface area contributed by atoms with E-state index in [1.807, 2.05) is 54.6 Å².